The third-order valence-corrected chi connectivity index (χ3v) is 3.57. The smallest absolute Gasteiger partial charge is 0.408 e. The molecular weight excluding hydrogens is 230 g/mol. The van der Waals surface area contributed by atoms with Gasteiger partial charge in [-0.15, -0.1) is 0 Å². The number of aromatic nitrogens is 1. The summed E-state index contributed by atoms with van der Waals surface area (Å²) in [5, 5.41) is 3.37. The number of hydrogen-bond acceptors (Lipinski definition) is 4. The van der Waals surface area contributed by atoms with Crippen molar-refractivity contribution in [2.75, 3.05) is 20.1 Å². The quantitative estimate of drug-likeness (QED) is 0.846. The van der Waals surface area contributed by atoms with Crippen LogP contribution >= 0.6 is 0 Å². The minimum atomic E-state index is -0.393. The first kappa shape index (κ1) is 11.5. The number of benzene rings is 1. The summed E-state index contributed by atoms with van der Waals surface area (Å²) >= 11 is 0. The van der Waals surface area contributed by atoms with Crippen molar-refractivity contribution in [3.63, 3.8) is 0 Å². The minimum absolute atomic E-state index is 0.393. The molecule has 1 aromatic heterocycles. The molecule has 5 heteroatoms. The topological polar surface area (TPSA) is 61.3 Å². The monoisotopic (exact) mass is 247 g/mol. The van der Waals surface area contributed by atoms with Crippen LogP contribution in [0.4, 0.5) is 0 Å². The van der Waals surface area contributed by atoms with E-state index >= 15 is 0 Å². The molecule has 0 saturated carbocycles. The Hall–Kier alpha value is -1.59. The maximum absolute atomic E-state index is 11.1. The third kappa shape index (κ3) is 2.19. The summed E-state index contributed by atoms with van der Waals surface area (Å²) in [4.78, 5) is 16.1. The predicted octanol–water partition coefficient (Wildman–Crippen LogP) is 0.915. The SMILES string of the molecule is CN(Cc1ccc2oc(=O)[nH]c2c1)C1CCNC1. The van der Waals surface area contributed by atoms with Gasteiger partial charge in [0, 0.05) is 19.1 Å². The van der Waals surface area contributed by atoms with E-state index in [9.17, 15) is 4.79 Å². The highest BCUT2D eigenvalue weighted by molar-refractivity contribution is 5.72. The molecule has 18 heavy (non-hydrogen) atoms. The normalized spacial score (nSPS) is 20.0. The molecule has 1 saturated heterocycles. The lowest BCUT2D eigenvalue weighted by Gasteiger charge is -2.23. The molecule has 2 N–H and O–H groups in total. The van der Waals surface area contributed by atoms with E-state index in [-0.39, 0.29) is 0 Å². The summed E-state index contributed by atoms with van der Waals surface area (Å²) in [5.74, 6) is -0.393. The summed E-state index contributed by atoms with van der Waals surface area (Å²) in [6.07, 6.45) is 1.20. The van der Waals surface area contributed by atoms with E-state index in [1.165, 1.54) is 12.0 Å². The maximum Gasteiger partial charge on any atom is 0.417 e. The van der Waals surface area contributed by atoms with Gasteiger partial charge in [0.25, 0.3) is 0 Å². The van der Waals surface area contributed by atoms with Crippen LogP contribution in [0.5, 0.6) is 0 Å². The van der Waals surface area contributed by atoms with Gasteiger partial charge in [0.1, 0.15) is 0 Å². The molecule has 0 bridgehead atoms. The number of hydrogen-bond donors (Lipinski definition) is 2. The van der Waals surface area contributed by atoms with Crippen molar-refractivity contribution >= 4 is 11.1 Å². The predicted molar refractivity (Wildman–Crippen MR) is 69.6 cm³/mol. The highest BCUT2D eigenvalue weighted by Crippen LogP contribution is 2.15. The molecule has 1 aliphatic heterocycles. The van der Waals surface area contributed by atoms with Gasteiger partial charge < -0.3 is 9.73 Å². The van der Waals surface area contributed by atoms with E-state index in [2.05, 4.69) is 22.2 Å². The Labute approximate surface area is 105 Å². The summed E-state index contributed by atoms with van der Waals surface area (Å²) in [6, 6.07) is 6.45. The summed E-state index contributed by atoms with van der Waals surface area (Å²) in [7, 11) is 2.14. The molecule has 0 radical (unpaired) electrons. The molecule has 1 atom stereocenters. The zero-order chi connectivity index (χ0) is 12.5. The Morgan fingerprint density at radius 1 is 1.50 bits per heavy atom. The average molecular weight is 247 g/mol. The number of likely N-dealkylation sites (N-methyl/N-ethyl adjacent to an activating group) is 1. The maximum atomic E-state index is 11.1. The van der Waals surface area contributed by atoms with Crippen LogP contribution in [-0.4, -0.2) is 36.1 Å². The molecule has 0 spiro atoms. The highest BCUT2D eigenvalue weighted by Gasteiger charge is 2.19. The Bertz CT molecular complexity index is 596. The first-order chi connectivity index (χ1) is 8.72. The molecule has 2 aromatic rings. The van der Waals surface area contributed by atoms with E-state index in [4.69, 9.17) is 4.42 Å². The van der Waals surface area contributed by atoms with Gasteiger partial charge in [0.15, 0.2) is 5.58 Å². The van der Waals surface area contributed by atoms with Crippen LogP contribution in [0.25, 0.3) is 11.1 Å². The Balaban J connectivity index is 1.79. The summed E-state index contributed by atoms with van der Waals surface area (Å²) in [5.41, 5.74) is 2.58. The van der Waals surface area contributed by atoms with Crippen LogP contribution in [0.3, 0.4) is 0 Å². The van der Waals surface area contributed by atoms with E-state index < -0.39 is 5.76 Å². The van der Waals surface area contributed by atoms with Crippen molar-refractivity contribution in [1.29, 1.82) is 0 Å². The third-order valence-electron chi connectivity index (χ3n) is 3.57. The fourth-order valence-electron chi connectivity index (χ4n) is 2.53. The fourth-order valence-corrected chi connectivity index (χ4v) is 2.53. The van der Waals surface area contributed by atoms with E-state index in [0.717, 1.165) is 25.2 Å². The van der Waals surface area contributed by atoms with Gasteiger partial charge in [0.05, 0.1) is 5.52 Å². The first-order valence-corrected chi connectivity index (χ1v) is 6.25. The summed E-state index contributed by atoms with van der Waals surface area (Å²) in [6.45, 7) is 3.04. The van der Waals surface area contributed by atoms with Crippen LogP contribution in [0.2, 0.25) is 0 Å². The van der Waals surface area contributed by atoms with Gasteiger partial charge in [-0.2, -0.15) is 0 Å². The number of oxazole rings is 1. The standard InChI is InChI=1S/C13H17N3O2/c1-16(10-4-5-14-7-10)8-9-2-3-12-11(6-9)15-13(17)18-12/h2-3,6,10,14H,4-5,7-8H2,1H3,(H,15,17). The van der Waals surface area contributed by atoms with Crippen molar-refractivity contribution in [3.8, 4) is 0 Å². The van der Waals surface area contributed by atoms with Crippen LogP contribution in [0, 0.1) is 0 Å². The molecule has 1 aliphatic rings. The van der Waals surface area contributed by atoms with Crippen LogP contribution in [0.15, 0.2) is 27.4 Å². The largest absolute Gasteiger partial charge is 0.417 e. The Morgan fingerprint density at radius 3 is 3.17 bits per heavy atom. The molecule has 0 aliphatic carbocycles. The second kappa shape index (κ2) is 4.59. The minimum Gasteiger partial charge on any atom is -0.408 e. The van der Waals surface area contributed by atoms with Gasteiger partial charge >= 0.3 is 5.76 Å². The number of rotatable bonds is 3. The van der Waals surface area contributed by atoms with Crippen LogP contribution in [0.1, 0.15) is 12.0 Å². The molecule has 0 amide bonds. The zero-order valence-corrected chi connectivity index (χ0v) is 10.4. The van der Waals surface area contributed by atoms with Crippen molar-refractivity contribution in [2.45, 2.75) is 19.0 Å². The molecule has 1 aromatic carbocycles. The molecule has 96 valence electrons. The number of fused-ring (bicyclic) bond motifs is 1. The number of nitrogens with zero attached hydrogens (tertiary/aromatic N) is 1. The Kier molecular flexibility index (Phi) is 2.93. The molecule has 5 nitrogen and oxygen atoms in total. The highest BCUT2D eigenvalue weighted by atomic mass is 16.4. The second-order valence-electron chi connectivity index (χ2n) is 4.91. The van der Waals surface area contributed by atoms with Gasteiger partial charge in [0.2, 0.25) is 0 Å². The number of nitrogens with one attached hydrogen (secondary N) is 2. The van der Waals surface area contributed by atoms with Crippen LogP contribution in [-0.2, 0) is 6.54 Å². The second-order valence-corrected chi connectivity index (χ2v) is 4.91. The number of H-pyrrole nitrogens is 1. The molecule has 1 fully saturated rings. The lowest BCUT2D eigenvalue weighted by molar-refractivity contribution is 0.249. The van der Waals surface area contributed by atoms with Crippen molar-refractivity contribution in [2.24, 2.45) is 0 Å². The number of aromatic amines is 1. The van der Waals surface area contributed by atoms with E-state index in [1.54, 1.807) is 0 Å². The van der Waals surface area contributed by atoms with Crippen molar-refractivity contribution in [3.05, 3.63) is 34.3 Å². The lowest BCUT2D eigenvalue weighted by atomic mass is 10.1. The fraction of sp³-hybridized carbons (Fsp3) is 0.462. The molecule has 1 unspecified atom stereocenters. The van der Waals surface area contributed by atoms with Crippen LogP contribution < -0.4 is 11.1 Å². The zero-order valence-electron chi connectivity index (χ0n) is 10.4. The van der Waals surface area contributed by atoms with Crippen molar-refractivity contribution in [1.82, 2.24) is 15.2 Å². The van der Waals surface area contributed by atoms with Gasteiger partial charge in [-0.25, -0.2) is 4.79 Å². The van der Waals surface area contributed by atoms with Crippen molar-refractivity contribution < 1.29 is 4.42 Å². The molecule has 2 heterocycles. The lowest BCUT2D eigenvalue weighted by Crippen LogP contribution is -2.32. The molecule has 3 rings (SSSR count). The van der Waals surface area contributed by atoms with Gasteiger partial charge in [-0.3, -0.25) is 9.88 Å². The Morgan fingerprint density at radius 2 is 2.39 bits per heavy atom. The van der Waals surface area contributed by atoms with E-state index in [0.29, 0.717) is 11.6 Å². The molecular formula is C13H17N3O2. The van der Waals surface area contributed by atoms with Gasteiger partial charge in [-0.05, 0) is 37.7 Å². The first-order valence-electron chi connectivity index (χ1n) is 6.25. The van der Waals surface area contributed by atoms with E-state index in [1.807, 2.05) is 18.2 Å². The summed E-state index contributed by atoms with van der Waals surface area (Å²) < 4.78 is 4.99. The van der Waals surface area contributed by atoms with Gasteiger partial charge in [-0.1, -0.05) is 6.07 Å². The average Bonchev–Trinajstić information content (AvgIpc) is 2.95.